The van der Waals surface area contributed by atoms with Crippen molar-refractivity contribution in [3.63, 3.8) is 0 Å². The fourth-order valence-electron chi connectivity index (χ4n) is 2.32. The Balaban J connectivity index is 2.17. The van der Waals surface area contributed by atoms with Gasteiger partial charge in [0.15, 0.2) is 5.82 Å². The summed E-state index contributed by atoms with van der Waals surface area (Å²) in [5.74, 6) is 0.365. The standard InChI is InChI=1S/C17H19F3N2O2S/c1-2-3-4-5-6-14-11-12-21-16(22-14)13-7-9-15(10-8-13)25(23,24)17(18,19)20/h7-12H,2-6H2,1H3. The van der Waals surface area contributed by atoms with E-state index in [4.69, 9.17) is 0 Å². The van der Waals surface area contributed by atoms with Crippen LogP contribution in [0.25, 0.3) is 11.4 Å². The van der Waals surface area contributed by atoms with E-state index in [0.29, 0.717) is 11.4 Å². The predicted molar refractivity (Wildman–Crippen MR) is 88.6 cm³/mol. The molecule has 0 bridgehead atoms. The molecule has 0 saturated carbocycles. The van der Waals surface area contributed by atoms with Gasteiger partial charge in [-0.05, 0) is 43.2 Å². The van der Waals surface area contributed by atoms with Gasteiger partial charge in [0.1, 0.15) is 0 Å². The first-order valence-electron chi connectivity index (χ1n) is 7.99. The fraction of sp³-hybridized carbons (Fsp3) is 0.412. The monoisotopic (exact) mass is 372 g/mol. The summed E-state index contributed by atoms with van der Waals surface area (Å²) in [7, 11) is -5.34. The summed E-state index contributed by atoms with van der Waals surface area (Å²) in [6.45, 7) is 2.13. The number of aryl methyl sites for hydroxylation is 1. The average molecular weight is 372 g/mol. The predicted octanol–water partition coefficient (Wildman–Crippen LogP) is 4.56. The van der Waals surface area contributed by atoms with E-state index in [1.165, 1.54) is 12.1 Å². The highest BCUT2D eigenvalue weighted by Gasteiger charge is 2.46. The Morgan fingerprint density at radius 3 is 2.28 bits per heavy atom. The minimum atomic E-state index is -5.34. The van der Waals surface area contributed by atoms with Gasteiger partial charge in [0.25, 0.3) is 9.84 Å². The number of unbranched alkanes of at least 4 members (excludes halogenated alkanes) is 3. The van der Waals surface area contributed by atoms with Crippen LogP contribution in [0.15, 0.2) is 41.4 Å². The van der Waals surface area contributed by atoms with E-state index in [1.54, 1.807) is 12.3 Å². The molecule has 8 heteroatoms. The van der Waals surface area contributed by atoms with Crippen molar-refractivity contribution in [3.8, 4) is 11.4 Å². The van der Waals surface area contributed by atoms with Crippen molar-refractivity contribution in [1.29, 1.82) is 0 Å². The second-order valence-electron chi connectivity index (χ2n) is 5.66. The zero-order chi connectivity index (χ0) is 18.5. The lowest BCUT2D eigenvalue weighted by Crippen LogP contribution is -2.23. The van der Waals surface area contributed by atoms with Crippen molar-refractivity contribution >= 4 is 9.84 Å². The molecule has 0 atom stereocenters. The van der Waals surface area contributed by atoms with E-state index >= 15 is 0 Å². The van der Waals surface area contributed by atoms with E-state index in [0.717, 1.165) is 49.9 Å². The Morgan fingerprint density at radius 1 is 1.00 bits per heavy atom. The second kappa shape index (κ2) is 7.95. The van der Waals surface area contributed by atoms with E-state index in [-0.39, 0.29) is 0 Å². The van der Waals surface area contributed by atoms with Gasteiger partial charge >= 0.3 is 5.51 Å². The van der Waals surface area contributed by atoms with Crippen LogP contribution in [0.2, 0.25) is 0 Å². The molecule has 0 aliphatic heterocycles. The maximum atomic E-state index is 12.6. The summed E-state index contributed by atoms with van der Waals surface area (Å²) in [5, 5.41) is 0. The van der Waals surface area contributed by atoms with Gasteiger partial charge in [0.05, 0.1) is 4.90 Å². The molecule has 0 aliphatic rings. The molecule has 1 aromatic heterocycles. The smallest absolute Gasteiger partial charge is 0.237 e. The molecule has 4 nitrogen and oxygen atoms in total. The van der Waals surface area contributed by atoms with Crippen LogP contribution in [-0.4, -0.2) is 23.9 Å². The molecule has 0 saturated heterocycles. The van der Waals surface area contributed by atoms with Crippen LogP contribution in [-0.2, 0) is 16.3 Å². The van der Waals surface area contributed by atoms with Crippen molar-refractivity contribution < 1.29 is 21.6 Å². The van der Waals surface area contributed by atoms with Gasteiger partial charge < -0.3 is 0 Å². The molecule has 2 rings (SSSR count). The number of benzene rings is 1. The van der Waals surface area contributed by atoms with E-state index in [1.807, 2.05) is 0 Å². The third-order valence-electron chi connectivity index (χ3n) is 3.73. The average Bonchev–Trinajstić information content (AvgIpc) is 2.58. The Bertz CT molecular complexity index is 803. The van der Waals surface area contributed by atoms with Crippen molar-refractivity contribution in [3.05, 3.63) is 42.2 Å². The van der Waals surface area contributed by atoms with Gasteiger partial charge in [-0.15, -0.1) is 0 Å². The normalized spacial score (nSPS) is 12.3. The van der Waals surface area contributed by atoms with Gasteiger partial charge in [0, 0.05) is 17.5 Å². The molecule has 0 unspecified atom stereocenters. The van der Waals surface area contributed by atoms with Crippen molar-refractivity contribution in [1.82, 2.24) is 9.97 Å². The quantitative estimate of drug-likeness (QED) is 0.669. The Kier molecular flexibility index (Phi) is 6.16. The maximum absolute atomic E-state index is 12.6. The fourth-order valence-corrected chi connectivity index (χ4v) is 3.09. The van der Waals surface area contributed by atoms with Gasteiger partial charge in [0.2, 0.25) is 0 Å². The van der Waals surface area contributed by atoms with Crippen molar-refractivity contribution in [2.75, 3.05) is 0 Å². The number of hydrogen-bond acceptors (Lipinski definition) is 4. The van der Waals surface area contributed by atoms with Gasteiger partial charge in [-0.1, -0.05) is 26.2 Å². The first-order chi connectivity index (χ1) is 11.8. The number of sulfone groups is 1. The molecule has 2 aromatic rings. The lowest BCUT2D eigenvalue weighted by atomic mass is 10.1. The summed E-state index contributed by atoms with van der Waals surface area (Å²) < 4.78 is 60.4. The first-order valence-corrected chi connectivity index (χ1v) is 9.47. The lowest BCUT2D eigenvalue weighted by molar-refractivity contribution is -0.0436. The number of aromatic nitrogens is 2. The van der Waals surface area contributed by atoms with Crippen molar-refractivity contribution in [2.24, 2.45) is 0 Å². The van der Waals surface area contributed by atoms with Crippen molar-refractivity contribution in [2.45, 2.75) is 49.4 Å². The number of hydrogen-bond donors (Lipinski definition) is 0. The molecular formula is C17H19F3N2O2S. The molecule has 25 heavy (non-hydrogen) atoms. The molecule has 136 valence electrons. The SMILES string of the molecule is CCCCCCc1ccnc(-c2ccc(S(=O)(=O)C(F)(F)F)cc2)n1. The second-order valence-corrected chi connectivity index (χ2v) is 7.60. The Morgan fingerprint density at radius 2 is 1.68 bits per heavy atom. The minimum absolute atomic E-state index is 0.365. The highest BCUT2D eigenvalue weighted by molar-refractivity contribution is 7.92. The highest BCUT2D eigenvalue weighted by Crippen LogP contribution is 2.31. The molecule has 1 heterocycles. The minimum Gasteiger partial charge on any atom is -0.237 e. The van der Waals surface area contributed by atoms with Gasteiger partial charge in [-0.3, -0.25) is 0 Å². The molecule has 0 amide bonds. The van der Waals surface area contributed by atoms with Crippen LogP contribution in [0, 0.1) is 0 Å². The van der Waals surface area contributed by atoms with E-state index in [9.17, 15) is 21.6 Å². The summed E-state index contributed by atoms with van der Waals surface area (Å²) in [4.78, 5) is 7.72. The molecule has 0 fully saturated rings. The Hall–Kier alpha value is -1.96. The van der Waals surface area contributed by atoms with E-state index < -0.39 is 20.2 Å². The molecular weight excluding hydrogens is 353 g/mol. The van der Waals surface area contributed by atoms with Crippen LogP contribution in [0.1, 0.15) is 38.3 Å². The number of halogens is 3. The summed E-state index contributed by atoms with van der Waals surface area (Å²) in [5.41, 5.74) is -3.99. The molecule has 0 radical (unpaired) electrons. The Labute approximate surface area is 145 Å². The number of nitrogens with zero attached hydrogens (tertiary/aromatic N) is 2. The highest BCUT2D eigenvalue weighted by atomic mass is 32.2. The topological polar surface area (TPSA) is 59.9 Å². The third kappa shape index (κ3) is 4.78. The van der Waals surface area contributed by atoms with Crippen LogP contribution < -0.4 is 0 Å². The third-order valence-corrected chi connectivity index (χ3v) is 5.23. The van der Waals surface area contributed by atoms with Crippen LogP contribution in [0.3, 0.4) is 0 Å². The zero-order valence-corrected chi connectivity index (χ0v) is 14.6. The van der Waals surface area contributed by atoms with Gasteiger partial charge in [-0.25, -0.2) is 18.4 Å². The molecule has 1 aromatic carbocycles. The van der Waals surface area contributed by atoms with Crippen LogP contribution in [0.4, 0.5) is 13.2 Å². The van der Waals surface area contributed by atoms with Crippen LogP contribution >= 0.6 is 0 Å². The van der Waals surface area contributed by atoms with Gasteiger partial charge in [-0.2, -0.15) is 13.2 Å². The maximum Gasteiger partial charge on any atom is 0.501 e. The molecule has 0 spiro atoms. The zero-order valence-electron chi connectivity index (χ0n) is 13.8. The van der Waals surface area contributed by atoms with Crippen LogP contribution in [0.5, 0.6) is 0 Å². The largest absolute Gasteiger partial charge is 0.501 e. The number of rotatable bonds is 7. The molecule has 0 N–H and O–H groups in total. The summed E-state index contributed by atoms with van der Waals surface area (Å²) >= 11 is 0. The molecule has 0 aliphatic carbocycles. The summed E-state index contributed by atoms with van der Waals surface area (Å²) in [6.07, 6.45) is 6.82. The first kappa shape index (κ1) is 19.4. The van der Waals surface area contributed by atoms with E-state index in [2.05, 4.69) is 16.9 Å². The lowest BCUT2D eigenvalue weighted by Gasteiger charge is -2.09. The number of alkyl halides is 3. The summed E-state index contributed by atoms with van der Waals surface area (Å²) in [6, 6.07) is 6.23.